The summed E-state index contributed by atoms with van der Waals surface area (Å²) >= 11 is 0. The largest absolute Gasteiger partial charge is 0.472 e. The van der Waals surface area contributed by atoms with E-state index in [0.29, 0.717) is 13.0 Å². The molecule has 57 heavy (non-hydrogen) atoms. The van der Waals surface area contributed by atoms with Gasteiger partial charge in [-0.2, -0.15) is 0 Å². The monoisotopic (exact) mass is 828 g/mol. The van der Waals surface area contributed by atoms with Gasteiger partial charge in [-0.05, 0) is 78.3 Å². The molecule has 9 nitrogen and oxygen atoms in total. The van der Waals surface area contributed by atoms with Crippen molar-refractivity contribution < 1.29 is 37.6 Å². The zero-order chi connectivity index (χ0) is 41.9. The Balaban J connectivity index is 4.22. The Morgan fingerprint density at radius 1 is 0.526 bits per heavy atom. The molecule has 0 aromatic carbocycles. The molecule has 0 heterocycles. The average Bonchev–Trinajstić information content (AvgIpc) is 3.18. The third kappa shape index (κ3) is 43.9. The Bertz CT molecular complexity index is 1000. The maximum atomic E-state index is 12.7. The average molecular weight is 828 g/mol. The maximum absolute atomic E-state index is 12.7. The first-order valence-corrected chi connectivity index (χ1v) is 25.1. The van der Waals surface area contributed by atoms with Gasteiger partial charge in [0.2, 0.25) is 0 Å². The second-order valence-electron chi connectivity index (χ2n) is 16.3. The standard InChI is InChI=1S/C47H90NO8P/c1-5-7-9-11-13-15-17-19-21-22-23-24-26-27-29-31-33-35-37-39-46(49)53-43-45(44-55-57(51,52)54-42-41-48(3)4)56-47(50)40-38-36-34-32-30-28-25-20-18-16-14-12-10-8-6-2/h19-21,25,45H,5-18,22-24,26-44H2,1-4H3,(H,51,52)/b21-19-,25-20-. The van der Waals surface area contributed by atoms with Gasteiger partial charge in [0, 0.05) is 19.4 Å². The van der Waals surface area contributed by atoms with E-state index in [4.69, 9.17) is 18.5 Å². The highest BCUT2D eigenvalue weighted by Crippen LogP contribution is 2.43. The molecule has 0 aliphatic rings. The van der Waals surface area contributed by atoms with E-state index in [9.17, 15) is 19.0 Å². The Hall–Kier alpha value is -1.51. The summed E-state index contributed by atoms with van der Waals surface area (Å²) in [6, 6.07) is 0. The van der Waals surface area contributed by atoms with Crippen LogP contribution >= 0.6 is 7.82 Å². The number of rotatable bonds is 44. The van der Waals surface area contributed by atoms with E-state index in [-0.39, 0.29) is 32.0 Å². The zero-order valence-corrected chi connectivity index (χ0v) is 38.4. The SMILES string of the molecule is CCCCCCCC/C=C\CCCCCCCCCCCC(=O)OCC(COP(=O)(O)OCCN(C)C)OC(=O)CCCCCCC/C=C\CCCCCCCC. The Morgan fingerprint density at radius 2 is 0.895 bits per heavy atom. The number of hydrogen-bond acceptors (Lipinski definition) is 8. The lowest BCUT2D eigenvalue weighted by Gasteiger charge is -2.20. The maximum Gasteiger partial charge on any atom is 0.472 e. The normalized spacial score (nSPS) is 13.5. The molecule has 0 aliphatic carbocycles. The van der Waals surface area contributed by atoms with Gasteiger partial charge < -0.3 is 19.3 Å². The van der Waals surface area contributed by atoms with E-state index >= 15 is 0 Å². The van der Waals surface area contributed by atoms with Crippen LogP contribution in [0.1, 0.15) is 219 Å². The van der Waals surface area contributed by atoms with Gasteiger partial charge in [-0.3, -0.25) is 18.6 Å². The molecule has 0 amide bonds. The fourth-order valence-corrected chi connectivity index (χ4v) is 7.30. The summed E-state index contributed by atoms with van der Waals surface area (Å²) in [5, 5.41) is 0. The van der Waals surface area contributed by atoms with Crippen molar-refractivity contribution in [2.45, 2.75) is 225 Å². The summed E-state index contributed by atoms with van der Waals surface area (Å²) in [4.78, 5) is 37.1. The molecule has 0 aromatic rings. The number of allylic oxidation sites excluding steroid dienone is 4. The van der Waals surface area contributed by atoms with Crippen LogP contribution in [-0.2, 0) is 32.7 Å². The van der Waals surface area contributed by atoms with E-state index in [1.54, 1.807) is 0 Å². The predicted molar refractivity (Wildman–Crippen MR) is 238 cm³/mol. The van der Waals surface area contributed by atoms with Crippen LogP contribution in [0.2, 0.25) is 0 Å². The first kappa shape index (κ1) is 55.5. The number of likely N-dealkylation sites (N-methyl/N-ethyl adjacent to an activating group) is 1. The smallest absolute Gasteiger partial charge is 0.462 e. The zero-order valence-electron chi connectivity index (χ0n) is 37.5. The van der Waals surface area contributed by atoms with E-state index in [2.05, 4.69) is 38.2 Å². The summed E-state index contributed by atoms with van der Waals surface area (Å²) in [5.74, 6) is -0.807. The van der Waals surface area contributed by atoms with Crippen molar-refractivity contribution in [1.29, 1.82) is 0 Å². The molecule has 10 heteroatoms. The van der Waals surface area contributed by atoms with E-state index in [0.717, 1.165) is 51.4 Å². The first-order chi connectivity index (χ1) is 27.7. The molecule has 0 saturated heterocycles. The molecular weight excluding hydrogens is 737 g/mol. The molecule has 0 bridgehead atoms. The van der Waals surface area contributed by atoms with Crippen LogP contribution in [0.4, 0.5) is 0 Å². The van der Waals surface area contributed by atoms with Crippen molar-refractivity contribution in [2.75, 3.05) is 40.5 Å². The Kier molecular flexibility index (Phi) is 41.5. The molecule has 0 aromatic heterocycles. The highest BCUT2D eigenvalue weighted by molar-refractivity contribution is 7.47. The van der Waals surface area contributed by atoms with Crippen LogP contribution in [0.3, 0.4) is 0 Å². The van der Waals surface area contributed by atoms with Gasteiger partial charge in [0.05, 0.1) is 13.2 Å². The van der Waals surface area contributed by atoms with Crippen LogP contribution in [0.25, 0.3) is 0 Å². The van der Waals surface area contributed by atoms with Gasteiger partial charge in [-0.1, -0.05) is 167 Å². The first-order valence-electron chi connectivity index (χ1n) is 23.6. The minimum Gasteiger partial charge on any atom is -0.462 e. The number of esters is 2. The van der Waals surface area contributed by atoms with Crippen molar-refractivity contribution >= 4 is 19.8 Å². The molecule has 1 N–H and O–H groups in total. The van der Waals surface area contributed by atoms with Crippen LogP contribution in [0, 0.1) is 0 Å². The molecule has 2 atom stereocenters. The van der Waals surface area contributed by atoms with Crippen LogP contribution in [-0.4, -0.2) is 68.3 Å². The van der Waals surface area contributed by atoms with Crippen LogP contribution < -0.4 is 0 Å². The van der Waals surface area contributed by atoms with E-state index in [1.165, 1.54) is 135 Å². The quantitative estimate of drug-likeness (QED) is 0.0278. The van der Waals surface area contributed by atoms with Gasteiger partial charge in [-0.25, -0.2) is 4.57 Å². The molecule has 0 fully saturated rings. The van der Waals surface area contributed by atoms with Gasteiger partial charge in [0.1, 0.15) is 6.61 Å². The van der Waals surface area contributed by atoms with Crippen molar-refractivity contribution in [2.24, 2.45) is 0 Å². The fraction of sp³-hybridized carbons (Fsp3) is 0.872. The molecule has 0 saturated carbocycles. The van der Waals surface area contributed by atoms with Crippen molar-refractivity contribution in [3.05, 3.63) is 24.3 Å². The van der Waals surface area contributed by atoms with Crippen molar-refractivity contribution in [1.82, 2.24) is 4.90 Å². The lowest BCUT2D eigenvalue weighted by Crippen LogP contribution is -2.29. The summed E-state index contributed by atoms with van der Waals surface area (Å²) in [7, 11) is -0.712. The molecule has 0 aliphatic heterocycles. The van der Waals surface area contributed by atoms with Crippen molar-refractivity contribution in [3.63, 3.8) is 0 Å². The van der Waals surface area contributed by atoms with Gasteiger partial charge in [0.15, 0.2) is 6.10 Å². The van der Waals surface area contributed by atoms with Crippen molar-refractivity contribution in [3.8, 4) is 0 Å². The second-order valence-corrected chi connectivity index (χ2v) is 17.7. The molecule has 0 radical (unpaired) electrons. The minimum absolute atomic E-state index is 0.00690. The number of phosphoric ester groups is 1. The second kappa shape index (κ2) is 42.6. The number of nitrogens with zero attached hydrogens (tertiary/aromatic N) is 1. The third-order valence-corrected chi connectivity index (χ3v) is 11.2. The lowest BCUT2D eigenvalue weighted by atomic mass is 10.1. The Labute approximate surface area is 351 Å². The number of carbonyl (C=O) groups excluding carboxylic acids is 2. The number of unbranched alkanes of at least 4 members (excludes halogenated alkanes) is 26. The van der Waals surface area contributed by atoms with Gasteiger partial charge in [-0.15, -0.1) is 0 Å². The van der Waals surface area contributed by atoms with Crippen LogP contribution in [0.5, 0.6) is 0 Å². The molecule has 336 valence electrons. The highest BCUT2D eigenvalue weighted by atomic mass is 31.2. The number of phosphoric acid groups is 1. The minimum atomic E-state index is -4.36. The van der Waals surface area contributed by atoms with Gasteiger partial charge in [0.25, 0.3) is 0 Å². The van der Waals surface area contributed by atoms with Gasteiger partial charge >= 0.3 is 19.8 Å². The highest BCUT2D eigenvalue weighted by Gasteiger charge is 2.26. The predicted octanol–water partition coefficient (Wildman–Crippen LogP) is 13.8. The number of carbonyl (C=O) groups is 2. The third-order valence-electron chi connectivity index (χ3n) is 10.2. The van der Waals surface area contributed by atoms with Crippen LogP contribution in [0.15, 0.2) is 24.3 Å². The number of ether oxygens (including phenoxy) is 2. The van der Waals surface area contributed by atoms with E-state index < -0.39 is 26.5 Å². The Morgan fingerprint density at radius 3 is 1.30 bits per heavy atom. The van der Waals surface area contributed by atoms with E-state index in [1.807, 2.05) is 19.0 Å². The number of hydrogen-bond donors (Lipinski definition) is 1. The topological polar surface area (TPSA) is 112 Å². The molecular formula is C47H90NO8P. The summed E-state index contributed by atoms with van der Waals surface area (Å²) in [6.07, 6.45) is 45.1. The molecule has 0 spiro atoms. The molecule has 0 rings (SSSR count). The summed E-state index contributed by atoms with van der Waals surface area (Å²) in [5.41, 5.74) is 0. The summed E-state index contributed by atoms with van der Waals surface area (Å²) in [6.45, 7) is 4.33. The fourth-order valence-electron chi connectivity index (χ4n) is 6.56. The lowest BCUT2D eigenvalue weighted by molar-refractivity contribution is -0.161. The molecule has 2 unspecified atom stereocenters. The summed E-state index contributed by atoms with van der Waals surface area (Å²) < 4.78 is 33.5.